The normalized spacial score (nSPS) is 10.7. The molecule has 78 valence electrons. The van der Waals surface area contributed by atoms with E-state index in [-0.39, 0.29) is 6.54 Å². The molecular formula is C9H6INO4. The quantitative estimate of drug-likeness (QED) is 0.847. The van der Waals surface area contributed by atoms with Gasteiger partial charge in [-0.25, -0.2) is 4.79 Å². The number of halogens is 1. The molecule has 0 bridgehead atoms. The summed E-state index contributed by atoms with van der Waals surface area (Å²) in [5.74, 6) is -1.72. The van der Waals surface area contributed by atoms with Gasteiger partial charge in [-0.1, -0.05) is 0 Å². The first-order valence-electron chi connectivity index (χ1n) is 4.08. The highest BCUT2D eigenvalue weighted by Gasteiger charge is 2.11. The Labute approximate surface area is 97.4 Å². The summed E-state index contributed by atoms with van der Waals surface area (Å²) < 4.78 is 6.94. The van der Waals surface area contributed by atoms with E-state index in [1.807, 2.05) is 0 Å². The summed E-state index contributed by atoms with van der Waals surface area (Å²) >= 11 is 2.09. The van der Waals surface area contributed by atoms with Gasteiger partial charge in [0.25, 0.3) is 0 Å². The fraction of sp³-hybridized carbons (Fsp3) is 0.111. The van der Waals surface area contributed by atoms with Crippen molar-refractivity contribution in [1.82, 2.24) is 4.57 Å². The van der Waals surface area contributed by atoms with E-state index in [9.17, 15) is 9.59 Å². The van der Waals surface area contributed by atoms with Gasteiger partial charge < -0.3 is 9.52 Å². The SMILES string of the molecule is O=C(O)Cn1c(=O)oc2cc(I)ccc21. The van der Waals surface area contributed by atoms with Gasteiger partial charge in [-0.3, -0.25) is 9.36 Å². The molecule has 5 nitrogen and oxygen atoms in total. The van der Waals surface area contributed by atoms with Gasteiger partial charge in [0.2, 0.25) is 0 Å². The fourth-order valence-electron chi connectivity index (χ4n) is 1.33. The number of rotatable bonds is 2. The molecule has 15 heavy (non-hydrogen) atoms. The number of nitrogens with zero attached hydrogens (tertiary/aromatic N) is 1. The van der Waals surface area contributed by atoms with E-state index in [1.165, 1.54) is 0 Å². The molecule has 2 aromatic rings. The zero-order valence-electron chi connectivity index (χ0n) is 7.44. The van der Waals surface area contributed by atoms with E-state index in [2.05, 4.69) is 22.6 Å². The van der Waals surface area contributed by atoms with Crippen molar-refractivity contribution in [2.75, 3.05) is 0 Å². The molecule has 0 saturated carbocycles. The lowest BCUT2D eigenvalue weighted by molar-refractivity contribution is -0.137. The standard InChI is InChI=1S/C9H6INO4/c10-5-1-2-6-7(3-5)15-9(14)11(6)4-8(12)13/h1-3H,4H2,(H,12,13). The lowest BCUT2D eigenvalue weighted by Gasteiger charge is -1.96. The summed E-state index contributed by atoms with van der Waals surface area (Å²) in [6.07, 6.45) is 0. The van der Waals surface area contributed by atoms with Crippen LogP contribution < -0.4 is 5.76 Å². The van der Waals surface area contributed by atoms with Crippen molar-refractivity contribution in [1.29, 1.82) is 0 Å². The molecule has 0 atom stereocenters. The maximum absolute atomic E-state index is 11.3. The molecule has 2 rings (SSSR count). The lowest BCUT2D eigenvalue weighted by atomic mass is 10.3. The third-order valence-corrected chi connectivity index (χ3v) is 2.59. The molecule has 1 aromatic heterocycles. The number of aliphatic carboxylic acids is 1. The molecule has 0 aliphatic heterocycles. The van der Waals surface area contributed by atoms with E-state index in [4.69, 9.17) is 9.52 Å². The number of oxazole rings is 1. The van der Waals surface area contributed by atoms with Crippen LogP contribution in [0.15, 0.2) is 27.4 Å². The Morgan fingerprint density at radius 2 is 2.27 bits per heavy atom. The molecule has 6 heteroatoms. The highest BCUT2D eigenvalue weighted by molar-refractivity contribution is 14.1. The molecule has 0 aliphatic carbocycles. The monoisotopic (exact) mass is 319 g/mol. The first-order valence-corrected chi connectivity index (χ1v) is 5.16. The minimum atomic E-state index is -1.07. The second-order valence-corrected chi connectivity index (χ2v) is 4.21. The van der Waals surface area contributed by atoms with Crippen LogP contribution >= 0.6 is 22.6 Å². The van der Waals surface area contributed by atoms with Crippen LogP contribution in [-0.4, -0.2) is 15.6 Å². The van der Waals surface area contributed by atoms with Crippen LogP contribution in [0.1, 0.15) is 0 Å². The van der Waals surface area contributed by atoms with Gasteiger partial charge >= 0.3 is 11.7 Å². The van der Waals surface area contributed by atoms with E-state index in [1.54, 1.807) is 18.2 Å². The molecule has 0 aliphatic rings. The van der Waals surface area contributed by atoms with Gasteiger partial charge in [-0.2, -0.15) is 0 Å². The van der Waals surface area contributed by atoms with Gasteiger partial charge in [0.1, 0.15) is 6.54 Å². The minimum absolute atomic E-state index is 0.383. The van der Waals surface area contributed by atoms with Crippen molar-refractivity contribution < 1.29 is 14.3 Å². The summed E-state index contributed by atoms with van der Waals surface area (Å²) in [5.41, 5.74) is 0.913. The highest BCUT2D eigenvalue weighted by Crippen LogP contribution is 2.16. The molecule has 0 fully saturated rings. The van der Waals surface area contributed by atoms with Crippen molar-refractivity contribution in [3.8, 4) is 0 Å². The van der Waals surface area contributed by atoms with Crippen molar-refractivity contribution in [2.45, 2.75) is 6.54 Å². The van der Waals surface area contributed by atoms with Crippen LogP contribution in [0.3, 0.4) is 0 Å². The third kappa shape index (κ3) is 1.89. The van der Waals surface area contributed by atoms with E-state index in [0.29, 0.717) is 11.1 Å². The third-order valence-electron chi connectivity index (χ3n) is 1.92. The zero-order chi connectivity index (χ0) is 11.0. The van der Waals surface area contributed by atoms with Crippen LogP contribution in [0.2, 0.25) is 0 Å². The largest absolute Gasteiger partial charge is 0.480 e. The summed E-state index contributed by atoms with van der Waals surface area (Å²) in [6, 6.07) is 5.15. The predicted molar refractivity (Wildman–Crippen MR) is 60.8 cm³/mol. The number of aromatic nitrogens is 1. The summed E-state index contributed by atoms with van der Waals surface area (Å²) in [5, 5.41) is 8.62. The highest BCUT2D eigenvalue weighted by atomic mass is 127. The number of benzene rings is 1. The Kier molecular flexibility index (Phi) is 2.51. The van der Waals surface area contributed by atoms with Gasteiger partial charge in [-0.15, -0.1) is 0 Å². The smallest absolute Gasteiger partial charge is 0.420 e. The maximum atomic E-state index is 11.3. The molecule has 0 saturated heterocycles. The fourth-order valence-corrected chi connectivity index (χ4v) is 1.79. The molecule has 0 amide bonds. The maximum Gasteiger partial charge on any atom is 0.420 e. The van der Waals surface area contributed by atoms with Gasteiger partial charge in [0, 0.05) is 3.57 Å². The summed E-state index contributed by atoms with van der Waals surface area (Å²) in [6.45, 7) is -0.383. The van der Waals surface area contributed by atoms with Gasteiger partial charge in [0.15, 0.2) is 5.58 Å². The Balaban J connectivity index is 2.68. The van der Waals surface area contributed by atoms with E-state index < -0.39 is 11.7 Å². The van der Waals surface area contributed by atoms with Crippen molar-refractivity contribution in [3.63, 3.8) is 0 Å². The van der Waals surface area contributed by atoms with Gasteiger partial charge in [-0.05, 0) is 40.8 Å². The zero-order valence-corrected chi connectivity index (χ0v) is 9.59. The van der Waals surface area contributed by atoms with Crippen molar-refractivity contribution in [3.05, 3.63) is 32.3 Å². The van der Waals surface area contributed by atoms with E-state index >= 15 is 0 Å². The molecular weight excluding hydrogens is 313 g/mol. The number of carboxylic acids is 1. The van der Waals surface area contributed by atoms with Crippen LogP contribution in [0.25, 0.3) is 11.1 Å². The average Bonchev–Trinajstić information content (AvgIpc) is 2.41. The van der Waals surface area contributed by atoms with E-state index in [0.717, 1.165) is 8.14 Å². The molecule has 0 radical (unpaired) electrons. The number of fused-ring (bicyclic) bond motifs is 1. The molecule has 1 aromatic carbocycles. The van der Waals surface area contributed by atoms with Crippen molar-refractivity contribution >= 4 is 39.7 Å². The summed E-state index contributed by atoms with van der Waals surface area (Å²) in [7, 11) is 0. The molecule has 0 unspecified atom stereocenters. The lowest BCUT2D eigenvalue weighted by Crippen LogP contribution is -2.19. The summed E-state index contributed by atoms with van der Waals surface area (Å²) in [4.78, 5) is 21.8. The average molecular weight is 319 g/mol. The van der Waals surface area contributed by atoms with Crippen LogP contribution in [0.5, 0.6) is 0 Å². The Hall–Kier alpha value is -1.31. The number of hydrogen-bond donors (Lipinski definition) is 1. The second kappa shape index (κ2) is 3.69. The van der Waals surface area contributed by atoms with Gasteiger partial charge in [0.05, 0.1) is 5.52 Å². The van der Waals surface area contributed by atoms with Crippen LogP contribution in [-0.2, 0) is 11.3 Å². The van der Waals surface area contributed by atoms with Crippen LogP contribution in [0, 0.1) is 3.57 Å². The Morgan fingerprint density at radius 1 is 1.53 bits per heavy atom. The molecule has 1 heterocycles. The number of hydrogen-bond acceptors (Lipinski definition) is 3. The minimum Gasteiger partial charge on any atom is -0.480 e. The predicted octanol–water partition coefficient (Wildman–Crippen LogP) is 1.28. The number of carbonyl (C=O) groups is 1. The molecule has 0 spiro atoms. The first kappa shape index (κ1) is 10.2. The molecule has 1 N–H and O–H groups in total. The van der Waals surface area contributed by atoms with Crippen molar-refractivity contribution in [2.24, 2.45) is 0 Å². The number of carboxylic acid groups (broad SMARTS) is 1. The Morgan fingerprint density at radius 3 is 2.93 bits per heavy atom. The van der Waals surface area contributed by atoms with Crippen LogP contribution in [0.4, 0.5) is 0 Å². The topological polar surface area (TPSA) is 72.4 Å². The Bertz CT molecular complexity index is 583. The second-order valence-electron chi connectivity index (χ2n) is 2.96. The first-order chi connectivity index (χ1) is 7.08.